The van der Waals surface area contributed by atoms with E-state index in [-0.39, 0.29) is 11.7 Å². The van der Waals surface area contributed by atoms with Crippen molar-refractivity contribution in [2.75, 3.05) is 18.8 Å². The van der Waals surface area contributed by atoms with Crippen molar-refractivity contribution >= 4 is 10.0 Å². The van der Waals surface area contributed by atoms with Crippen molar-refractivity contribution in [2.45, 2.75) is 38.1 Å². The average Bonchev–Trinajstić information content (AvgIpc) is 3.23. The minimum atomic E-state index is -3.19. The Morgan fingerprint density at radius 3 is 2.55 bits per heavy atom. The van der Waals surface area contributed by atoms with Gasteiger partial charge in [-0.05, 0) is 37.3 Å². The van der Waals surface area contributed by atoms with E-state index >= 15 is 0 Å². The number of rotatable bonds is 9. The third-order valence-electron chi connectivity index (χ3n) is 3.52. The predicted octanol–water partition coefficient (Wildman–Crippen LogP) is 1.85. The lowest BCUT2D eigenvalue weighted by Gasteiger charge is -2.13. The van der Waals surface area contributed by atoms with Gasteiger partial charge in [-0.25, -0.2) is 13.1 Å². The van der Waals surface area contributed by atoms with Crippen LogP contribution in [0.25, 0.3) is 0 Å². The largest absolute Gasteiger partial charge is 0.314 e. The molecule has 1 aromatic rings. The zero-order valence-electron chi connectivity index (χ0n) is 12.0. The minimum absolute atomic E-state index is 0.0123. The summed E-state index contributed by atoms with van der Waals surface area (Å²) < 4.78 is 26.7. The first-order valence-corrected chi connectivity index (χ1v) is 8.98. The maximum atomic E-state index is 12.0. The van der Waals surface area contributed by atoms with Crippen molar-refractivity contribution in [1.82, 2.24) is 10.0 Å². The van der Waals surface area contributed by atoms with E-state index in [9.17, 15) is 8.42 Å². The molecular formula is C15H24N2O2S. The van der Waals surface area contributed by atoms with Gasteiger partial charge in [0.15, 0.2) is 0 Å². The summed E-state index contributed by atoms with van der Waals surface area (Å²) in [6.07, 6.45) is 3.37. The average molecular weight is 296 g/mol. The third kappa shape index (κ3) is 5.61. The molecule has 0 saturated heterocycles. The topological polar surface area (TPSA) is 58.2 Å². The van der Waals surface area contributed by atoms with Gasteiger partial charge < -0.3 is 5.32 Å². The van der Waals surface area contributed by atoms with Crippen LogP contribution in [-0.4, -0.2) is 33.3 Å². The molecule has 2 rings (SSSR count). The summed E-state index contributed by atoms with van der Waals surface area (Å²) >= 11 is 0. The number of hydrogen-bond acceptors (Lipinski definition) is 3. The predicted molar refractivity (Wildman–Crippen MR) is 82.3 cm³/mol. The minimum Gasteiger partial charge on any atom is -0.314 e. The van der Waals surface area contributed by atoms with Crippen LogP contribution in [0.4, 0.5) is 0 Å². The third-order valence-corrected chi connectivity index (χ3v) is 5.11. The highest BCUT2D eigenvalue weighted by atomic mass is 32.2. The van der Waals surface area contributed by atoms with Crippen LogP contribution in [0.3, 0.4) is 0 Å². The van der Waals surface area contributed by atoms with E-state index in [1.165, 1.54) is 12.8 Å². The molecule has 0 spiro atoms. The summed E-state index contributed by atoms with van der Waals surface area (Å²) in [5.74, 6) is 0.158. The number of sulfonamides is 1. The van der Waals surface area contributed by atoms with Crippen LogP contribution < -0.4 is 10.0 Å². The van der Waals surface area contributed by atoms with E-state index < -0.39 is 10.0 Å². The highest BCUT2D eigenvalue weighted by Gasteiger charge is 2.20. The second kappa shape index (κ2) is 7.20. The molecule has 4 nitrogen and oxygen atoms in total. The second-order valence-corrected chi connectivity index (χ2v) is 7.42. The van der Waals surface area contributed by atoms with Crippen LogP contribution in [-0.2, 0) is 10.0 Å². The first-order valence-electron chi connectivity index (χ1n) is 7.32. The fraction of sp³-hybridized carbons (Fsp3) is 0.600. The maximum Gasteiger partial charge on any atom is 0.212 e. The van der Waals surface area contributed by atoms with E-state index in [1.807, 2.05) is 37.3 Å². The van der Waals surface area contributed by atoms with Gasteiger partial charge in [0.05, 0.1) is 5.75 Å². The molecule has 20 heavy (non-hydrogen) atoms. The summed E-state index contributed by atoms with van der Waals surface area (Å²) in [7, 11) is -3.19. The zero-order valence-corrected chi connectivity index (χ0v) is 12.8. The van der Waals surface area contributed by atoms with Crippen LogP contribution in [0.2, 0.25) is 0 Å². The summed E-state index contributed by atoms with van der Waals surface area (Å²) in [5, 5.41) is 3.37. The van der Waals surface area contributed by atoms with Crippen molar-refractivity contribution in [2.24, 2.45) is 0 Å². The van der Waals surface area contributed by atoms with Gasteiger partial charge in [-0.2, -0.15) is 0 Å². The molecule has 0 bridgehead atoms. The van der Waals surface area contributed by atoms with Crippen molar-refractivity contribution in [3.63, 3.8) is 0 Å². The van der Waals surface area contributed by atoms with E-state index in [2.05, 4.69) is 10.0 Å². The Labute approximate surface area is 122 Å². The maximum absolute atomic E-state index is 12.0. The Kier molecular flexibility index (Phi) is 5.57. The highest BCUT2D eigenvalue weighted by Crippen LogP contribution is 2.18. The molecule has 1 aliphatic rings. The molecule has 1 aromatic carbocycles. The second-order valence-electron chi connectivity index (χ2n) is 5.57. The number of nitrogens with one attached hydrogen (secondary N) is 2. The van der Waals surface area contributed by atoms with Crippen molar-refractivity contribution in [1.29, 1.82) is 0 Å². The zero-order chi connectivity index (χ0) is 14.4. The fourth-order valence-electron chi connectivity index (χ4n) is 2.18. The van der Waals surface area contributed by atoms with E-state index in [1.54, 1.807) is 0 Å². The summed E-state index contributed by atoms with van der Waals surface area (Å²) in [6, 6.07) is 10.4. The summed E-state index contributed by atoms with van der Waals surface area (Å²) in [4.78, 5) is 0. The summed E-state index contributed by atoms with van der Waals surface area (Å²) in [5.41, 5.74) is 1.06. The van der Waals surface area contributed by atoms with Crippen molar-refractivity contribution in [3.05, 3.63) is 35.9 Å². The Bertz CT molecular complexity index is 498. The van der Waals surface area contributed by atoms with E-state index in [0.29, 0.717) is 12.6 Å². The van der Waals surface area contributed by atoms with Crippen LogP contribution in [0.1, 0.15) is 37.7 Å². The molecule has 0 aromatic heterocycles. The molecule has 1 atom stereocenters. The first-order chi connectivity index (χ1) is 9.57. The standard InChI is InChI=1S/C15H24N2O2S/c1-13(14-6-3-2-4-7-14)12-20(18,19)17-11-5-10-16-15-8-9-15/h2-4,6-7,13,15-17H,5,8-12H2,1H3. The van der Waals surface area contributed by atoms with Gasteiger partial charge in [0.1, 0.15) is 0 Å². The van der Waals surface area contributed by atoms with Gasteiger partial charge in [0.25, 0.3) is 0 Å². The van der Waals surface area contributed by atoms with Gasteiger partial charge in [-0.3, -0.25) is 0 Å². The van der Waals surface area contributed by atoms with Crippen LogP contribution >= 0.6 is 0 Å². The molecule has 1 fully saturated rings. The lowest BCUT2D eigenvalue weighted by Crippen LogP contribution is -2.31. The SMILES string of the molecule is CC(CS(=O)(=O)NCCCNC1CC1)c1ccccc1. The molecule has 0 radical (unpaired) electrons. The van der Waals surface area contributed by atoms with Gasteiger partial charge in [-0.15, -0.1) is 0 Å². The molecular weight excluding hydrogens is 272 g/mol. The lowest BCUT2D eigenvalue weighted by molar-refractivity contribution is 0.568. The Morgan fingerprint density at radius 1 is 1.20 bits per heavy atom. The first kappa shape index (κ1) is 15.5. The molecule has 0 heterocycles. The molecule has 5 heteroatoms. The molecule has 1 aliphatic carbocycles. The van der Waals surface area contributed by atoms with Gasteiger partial charge in [-0.1, -0.05) is 37.3 Å². The Morgan fingerprint density at radius 2 is 1.90 bits per heavy atom. The van der Waals surface area contributed by atoms with Crippen LogP contribution in [0, 0.1) is 0 Å². The molecule has 0 aliphatic heterocycles. The van der Waals surface area contributed by atoms with Gasteiger partial charge in [0.2, 0.25) is 10.0 Å². The van der Waals surface area contributed by atoms with E-state index in [4.69, 9.17) is 0 Å². The molecule has 0 amide bonds. The summed E-state index contributed by atoms with van der Waals surface area (Å²) in [6.45, 7) is 3.36. The van der Waals surface area contributed by atoms with Crippen molar-refractivity contribution in [3.8, 4) is 0 Å². The van der Waals surface area contributed by atoms with Crippen molar-refractivity contribution < 1.29 is 8.42 Å². The number of hydrogen-bond donors (Lipinski definition) is 2. The monoisotopic (exact) mass is 296 g/mol. The highest BCUT2D eigenvalue weighted by molar-refractivity contribution is 7.89. The quantitative estimate of drug-likeness (QED) is 0.684. The van der Waals surface area contributed by atoms with Crippen LogP contribution in [0.5, 0.6) is 0 Å². The molecule has 1 unspecified atom stereocenters. The van der Waals surface area contributed by atoms with Gasteiger partial charge >= 0.3 is 0 Å². The van der Waals surface area contributed by atoms with Crippen LogP contribution in [0.15, 0.2) is 30.3 Å². The smallest absolute Gasteiger partial charge is 0.212 e. The molecule has 112 valence electrons. The Hall–Kier alpha value is -0.910. The normalized spacial score (nSPS) is 17.1. The Balaban J connectivity index is 1.69. The number of benzene rings is 1. The van der Waals surface area contributed by atoms with Gasteiger partial charge in [0, 0.05) is 12.6 Å². The molecule has 1 saturated carbocycles. The molecule has 2 N–H and O–H groups in total. The lowest BCUT2D eigenvalue weighted by atomic mass is 10.0. The van der Waals surface area contributed by atoms with E-state index in [0.717, 1.165) is 18.5 Å². The fourth-order valence-corrected chi connectivity index (χ4v) is 3.60.